The number of methoxy groups -OCH3 is 1. The number of aryl methyl sites for hydroxylation is 2. The summed E-state index contributed by atoms with van der Waals surface area (Å²) >= 11 is 0. The number of rotatable bonds is 5. The summed E-state index contributed by atoms with van der Waals surface area (Å²) in [7, 11) is -2.42. The lowest BCUT2D eigenvalue weighted by Gasteiger charge is -2.13. The third kappa shape index (κ3) is 3.45. The number of para-hydroxylation sites is 1. The molecule has 0 saturated carbocycles. The van der Waals surface area contributed by atoms with Crippen LogP contribution in [0.2, 0.25) is 0 Å². The van der Waals surface area contributed by atoms with E-state index in [-0.39, 0.29) is 11.3 Å². The first-order valence-electron chi connectivity index (χ1n) is 9.43. The molecule has 4 aromatic rings. The molecule has 0 radical (unpaired) electrons. The van der Waals surface area contributed by atoms with E-state index in [2.05, 4.69) is 4.98 Å². The van der Waals surface area contributed by atoms with Crippen molar-refractivity contribution in [2.75, 3.05) is 7.11 Å². The molecule has 0 fully saturated rings. The molecule has 3 aromatic carbocycles. The van der Waals surface area contributed by atoms with Crippen LogP contribution in [-0.2, 0) is 16.4 Å². The summed E-state index contributed by atoms with van der Waals surface area (Å²) < 4.78 is 47.2. The van der Waals surface area contributed by atoms with Crippen molar-refractivity contribution in [3.8, 4) is 5.75 Å². The molecule has 0 N–H and O–H groups in total. The molecule has 0 spiro atoms. The third-order valence-corrected chi connectivity index (χ3v) is 6.94. The SMILES string of the molecule is COc1ccccc1Cc1nc2cc(C)c(C)cc2n1S(=O)(=O)c1ccc(F)cc1. The van der Waals surface area contributed by atoms with Crippen LogP contribution in [0.5, 0.6) is 5.75 Å². The molecular formula is C23H21FN2O3S. The molecule has 0 bridgehead atoms. The molecule has 0 aliphatic rings. The molecule has 0 atom stereocenters. The number of nitrogens with zero attached hydrogens (tertiary/aromatic N) is 2. The molecule has 30 heavy (non-hydrogen) atoms. The van der Waals surface area contributed by atoms with E-state index in [0.717, 1.165) is 28.8 Å². The number of aromatic nitrogens is 2. The van der Waals surface area contributed by atoms with Crippen LogP contribution in [0.15, 0.2) is 65.6 Å². The predicted molar refractivity (Wildman–Crippen MR) is 114 cm³/mol. The zero-order chi connectivity index (χ0) is 21.5. The highest BCUT2D eigenvalue weighted by atomic mass is 32.2. The smallest absolute Gasteiger partial charge is 0.269 e. The molecular weight excluding hydrogens is 403 g/mol. The number of ether oxygens (including phenoxy) is 1. The van der Waals surface area contributed by atoms with Gasteiger partial charge in [0.2, 0.25) is 0 Å². The second-order valence-corrected chi connectivity index (χ2v) is 8.95. The molecule has 1 heterocycles. The van der Waals surface area contributed by atoms with Crippen LogP contribution < -0.4 is 4.74 Å². The number of hydrogen-bond acceptors (Lipinski definition) is 4. The Balaban J connectivity index is 1.97. The number of hydrogen-bond donors (Lipinski definition) is 0. The zero-order valence-corrected chi connectivity index (χ0v) is 17.7. The van der Waals surface area contributed by atoms with Crippen LogP contribution in [0.3, 0.4) is 0 Å². The Kier molecular flexibility index (Phi) is 5.07. The lowest BCUT2D eigenvalue weighted by molar-refractivity contribution is 0.410. The highest BCUT2D eigenvalue weighted by Gasteiger charge is 2.25. The van der Waals surface area contributed by atoms with E-state index in [0.29, 0.717) is 22.6 Å². The summed E-state index contributed by atoms with van der Waals surface area (Å²) in [6.07, 6.45) is 0.261. The molecule has 7 heteroatoms. The van der Waals surface area contributed by atoms with E-state index in [1.165, 1.54) is 16.1 Å². The molecule has 5 nitrogen and oxygen atoms in total. The van der Waals surface area contributed by atoms with Crippen LogP contribution in [-0.4, -0.2) is 24.5 Å². The van der Waals surface area contributed by atoms with Gasteiger partial charge in [0.25, 0.3) is 10.0 Å². The van der Waals surface area contributed by atoms with Gasteiger partial charge < -0.3 is 4.74 Å². The quantitative estimate of drug-likeness (QED) is 0.469. The maximum atomic E-state index is 13.6. The van der Waals surface area contributed by atoms with Crippen LogP contribution >= 0.6 is 0 Å². The highest BCUT2D eigenvalue weighted by molar-refractivity contribution is 7.90. The van der Waals surface area contributed by atoms with Gasteiger partial charge >= 0.3 is 0 Å². The van der Waals surface area contributed by atoms with Crippen molar-refractivity contribution < 1.29 is 17.5 Å². The fourth-order valence-electron chi connectivity index (χ4n) is 3.47. The van der Waals surface area contributed by atoms with Gasteiger partial charge in [0.05, 0.1) is 23.0 Å². The molecule has 0 aliphatic carbocycles. The second kappa shape index (κ2) is 7.57. The average Bonchev–Trinajstić information content (AvgIpc) is 3.06. The summed E-state index contributed by atoms with van der Waals surface area (Å²) in [4.78, 5) is 4.65. The lowest BCUT2D eigenvalue weighted by Crippen LogP contribution is -2.16. The Morgan fingerprint density at radius 3 is 2.37 bits per heavy atom. The Morgan fingerprint density at radius 2 is 1.67 bits per heavy atom. The maximum absolute atomic E-state index is 13.6. The van der Waals surface area contributed by atoms with E-state index in [1.54, 1.807) is 7.11 Å². The van der Waals surface area contributed by atoms with Crippen molar-refractivity contribution >= 4 is 21.1 Å². The molecule has 154 valence electrons. The van der Waals surface area contributed by atoms with E-state index in [9.17, 15) is 12.8 Å². The Labute approximate surface area is 174 Å². The molecule has 0 unspecified atom stereocenters. The minimum absolute atomic E-state index is 0.00250. The average molecular weight is 424 g/mol. The Bertz CT molecular complexity index is 1340. The molecule has 0 aliphatic heterocycles. The molecule has 0 saturated heterocycles. The summed E-state index contributed by atoms with van der Waals surface area (Å²) in [5.74, 6) is 0.525. The monoisotopic (exact) mass is 424 g/mol. The van der Waals surface area contributed by atoms with Crippen LogP contribution in [0.4, 0.5) is 4.39 Å². The van der Waals surface area contributed by atoms with Gasteiger partial charge in [-0.05, 0) is 67.4 Å². The van der Waals surface area contributed by atoms with Crippen molar-refractivity contribution in [3.63, 3.8) is 0 Å². The first-order chi connectivity index (χ1) is 14.3. The second-order valence-electron chi connectivity index (χ2n) is 7.17. The van der Waals surface area contributed by atoms with Crippen molar-refractivity contribution in [1.82, 2.24) is 8.96 Å². The largest absolute Gasteiger partial charge is 0.496 e. The van der Waals surface area contributed by atoms with Gasteiger partial charge in [0, 0.05) is 12.0 Å². The van der Waals surface area contributed by atoms with Gasteiger partial charge in [-0.25, -0.2) is 21.8 Å². The van der Waals surface area contributed by atoms with Crippen LogP contribution in [0.1, 0.15) is 22.5 Å². The maximum Gasteiger partial charge on any atom is 0.269 e. The fraction of sp³-hybridized carbons (Fsp3) is 0.174. The van der Waals surface area contributed by atoms with Crippen molar-refractivity contribution in [3.05, 3.63) is 89.0 Å². The van der Waals surface area contributed by atoms with E-state index < -0.39 is 15.8 Å². The van der Waals surface area contributed by atoms with E-state index in [1.807, 2.05) is 50.2 Å². The van der Waals surface area contributed by atoms with Gasteiger partial charge in [-0.3, -0.25) is 0 Å². The summed E-state index contributed by atoms with van der Waals surface area (Å²) in [5.41, 5.74) is 3.89. The third-order valence-electron chi connectivity index (χ3n) is 5.19. The molecule has 0 amide bonds. The minimum Gasteiger partial charge on any atom is -0.496 e. The zero-order valence-electron chi connectivity index (χ0n) is 16.9. The Hall–Kier alpha value is -3.19. The van der Waals surface area contributed by atoms with Crippen molar-refractivity contribution in [2.24, 2.45) is 0 Å². The van der Waals surface area contributed by atoms with Gasteiger partial charge in [0.15, 0.2) is 0 Å². The summed E-state index contributed by atoms with van der Waals surface area (Å²) in [6, 6.07) is 15.9. The normalized spacial score (nSPS) is 11.7. The number of halogens is 1. The van der Waals surface area contributed by atoms with E-state index >= 15 is 0 Å². The topological polar surface area (TPSA) is 61.2 Å². The van der Waals surface area contributed by atoms with Crippen LogP contribution in [0, 0.1) is 19.7 Å². The van der Waals surface area contributed by atoms with E-state index in [4.69, 9.17) is 4.74 Å². The predicted octanol–water partition coefficient (Wildman–Crippen LogP) is 4.63. The number of benzene rings is 3. The first-order valence-corrected chi connectivity index (χ1v) is 10.9. The first kappa shape index (κ1) is 20.1. The van der Waals surface area contributed by atoms with Crippen molar-refractivity contribution in [2.45, 2.75) is 25.2 Å². The summed E-state index contributed by atoms with van der Waals surface area (Å²) in [5, 5.41) is 0. The Morgan fingerprint density at radius 1 is 1.00 bits per heavy atom. The van der Waals surface area contributed by atoms with Gasteiger partial charge in [-0.2, -0.15) is 0 Å². The highest BCUT2D eigenvalue weighted by Crippen LogP contribution is 2.29. The standard InChI is InChI=1S/C23H21FN2O3S/c1-15-12-20-21(13-16(15)2)26(30(27,28)19-10-8-18(24)9-11-19)23(25-20)14-17-6-4-5-7-22(17)29-3/h4-13H,14H2,1-3H3. The molecule has 4 rings (SSSR count). The summed E-state index contributed by atoms with van der Waals surface area (Å²) in [6.45, 7) is 3.89. The van der Waals surface area contributed by atoms with Gasteiger partial charge in [-0.1, -0.05) is 18.2 Å². The van der Waals surface area contributed by atoms with Gasteiger partial charge in [0.1, 0.15) is 17.4 Å². The lowest BCUT2D eigenvalue weighted by atomic mass is 10.1. The minimum atomic E-state index is -3.99. The number of fused-ring (bicyclic) bond motifs is 1. The molecule has 1 aromatic heterocycles. The fourth-order valence-corrected chi connectivity index (χ4v) is 4.95. The number of imidazole rings is 1. The van der Waals surface area contributed by atoms with Crippen LogP contribution in [0.25, 0.3) is 11.0 Å². The van der Waals surface area contributed by atoms with Crippen molar-refractivity contribution in [1.29, 1.82) is 0 Å². The van der Waals surface area contributed by atoms with Gasteiger partial charge in [-0.15, -0.1) is 0 Å².